The van der Waals surface area contributed by atoms with Crippen LogP contribution in [0.1, 0.15) is 90.4 Å². The maximum absolute atomic E-state index is 10.2. The first kappa shape index (κ1) is 17.7. The fraction of sp³-hybridized carbons (Fsp3) is 0.882. The Kier molecular flexibility index (Phi) is 16.4. The first-order chi connectivity index (χ1) is 8.91. The van der Waals surface area contributed by atoms with Gasteiger partial charge in [-0.15, -0.1) is 0 Å². The van der Waals surface area contributed by atoms with Crippen LogP contribution in [0.4, 0.5) is 0 Å². The van der Waals surface area contributed by atoms with Gasteiger partial charge in [-0.3, -0.25) is 0 Å². The van der Waals surface area contributed by atoms with Crippen molar-refractivity contribution in [1.82, 2.24) is 0 Å². The molecular formula is C17H33O. The Morgan fingerprint density at radius 1 is 0.611 bits per heavy atom. The fourth-order valence-corrected chi connectivity index (χ4v) is 2.17. The summed E-state index contributed by atoms with van der Waals surface area (Å²) in [6.45, 7) is 2.37. The lowest BCUT2D eigenvalue weighted by molar-refractivity contribution is 0.186. The first-order valence-electron chi connectivity index (χ1n) is 8.15. The second-order valence-electron chi connectivity index (χ2n) is 5.29. The predicted molar refractivity (Wildman–Crippen MR) is 80.4 cm³/mol. The Morgan fingerprint density at radius 2 is 1.06 bits per heavy atom. The predicted octanol–water partition coefficient (Wildman–Crippen LogP) is 6.06. The summed E-state index contributed by atoms with van der Waals surface area (Å²) in [5, 5.41) is 10.2. The van der Waals surface area contributed by atoms with Gasteiger partial charge < -0.3 is 0 Å². The Morgan fingerprint density at radius 3 is 1.56 bits per heavy atom. The molecule has 0 saturated heterocycles. The molecule has 0 spiro atoms. The second kappa shape index (κ2) is 16.7. The average molecular weight is 253 g/mol. The smallest absolute Gasteiger partial charge is 0.0822 e. The summed E-state index contributed by atoms with van der Waals surface area (Å²) >= 11 is 0. The third kappa shape index (κ3) is 15.7. The zero-order valence-electron chi connectivity index (χ0n) is 12.5. The van der Waals surface area contributed by atoms with E-state index in [0.29, 0.717) is 0 Å². The molecule has 0 aliphatic heterocycles. The molecule has 1 radical (unpaired) electrons. The van der Waals surface area contributed by atoms with Gasteiger partial charge in [0.2, 0.25) is 0 Å². The van der Waals surface area contributed by atoms with Crippen molar-refractivity contribution in [3.8, 4) is 0 Å². The molecule has 0 unspecified atom stereocenters. The van der Waals surface area contributed by atoms with Crippen LogP contribution in [0.2, 0.25) is 0 Å². The quantitative estimate of drug-likeness (QED) is 0.265. The molecule has 0 fully saturated rings. The lowest BCUT2D eigenvalue weighted by Gasteiger charge is -2.00. The number of unbranched alkanes of at least 4 members (excludes halogenated alkanes) is 11. The topological polar surface area (TPSA) is 19.9 Å². The van der Waals surface area contributed by atoms with Crippen LogP contribution in [-0.2, 0) is 5.11 Å². The van der Waals surface area contributed by atoms with Crippen LogP contribution in [0.3, 0.4) is 0 Å². The van der Waals surface area contributed by atoms with Gasteiger partial charge in [0, 0.05) is 0 Å². The van der Waals surface area contributed by atoms with E-state index in [4.69, 9.17) is 0 Å². The van der Waals surface area contributed by atoms with E-state index in [-0.39, 0.29) is 6.61 Å². The van der Waals surface area contributed by atoms with Crippen LogP contribution in [-0.4, -0.2) is 6.61 Å². The molecule has 0 rings (SSSR count). The molecule has 0 N–H and O–H groups in total. The maximum atomic E-state index is 10.2. The minimum absolute atomic E-state index is 0.116. The molecule has 18 heavy (non-hydrogen) atoms. The second-order valence-corrected chi connectivity index (χ2v) is 5.29. The standard InChI is InChI=1S/C17H33O/c1-2-3-4-5-6-7-8-9-10-11-12-13-14-15-16-17-18/h6-7H,2-5,8-17H2,1H3. The van der Waals surface area contributed by atoms with Gasteiger partial charge in [0.05, 0.1) is 6.61 Å². The van der Waals surface area contributed by atoms with E-state index in [0.717, 1.165) is 12.8 Å². The van der Waals surface area contributed by atoms with Crippen LogP contribution in [0.5, 0.6) is 0 Å². The van der Waals surface area contributed by atoms with Crippen molar-refractivity contribution in [2.24, 2.45) is 0 Å². The monoisotopic (exact) mass is 253 g/mol. The van der Waals surface area contributed by atoms with Gasteiger partial charge in [-0.25, -0.2) is 5.11 Å². The highest BCUT2D eigenvalue weighted by Crippen LogP contribution is 2.10. The van der Waals surface area contributed by atoms with E-state index in [1.807, 2.05) is 0 Å². The molecular weight excluding hydrogens is 220 g/mol. The van der Waals surface area contributed by atoms with Gasteiger partial charge >= 0.3 is 0 Å². The fourth-order valence-electron chi connectivity index (χ4n) is 2.17. The largest absolute Gasteiger partial charge is 0.237 e. The summed E-state index contributed by atoms with van der Waals surface area (Å²) in [5.74, 6) is 0. The zero-order chi connectivity index (χ0) is 13.3. The summed E-state index contributed by atoms with van der Waals surface area (Å²) in [6, 6.07) is 0. The van der Waals surface area contributed by atoms with Gasteiger partial charge in [-0.1, -0.05) is 70.4 Å². The molecule has 107 valence electrons. The summed E-state index contributed by atoms with van der Waals surface area (Å²) in [6.07, 6.45) is 21.4. The number of allylic oxidation sites excluding steroid dienone is 2. The lowest BCUT2D eigenvalue weighted by Crippen LogP contribution is -1.83. The molecule has 0 aromatic carbocycles. The molecule has 0 amide bonds. The SMILES string of the molecule is CCCCCC=CCCCCCCCCCC[O]. The highest BCUT2D eigenvalue weighted by atomic mass is 16.2. The minimum Gasteiger partial charge on any atom is -0.237 e. The van der Waals surface area contributed by atoms with Crippen LogP contribution in [0.25, 0.3) is 0 Å². The van der Waals surface area contributed by atoms with Crippen LogP contribution >= 0.6 is 0 Å². The molecule has 0 heterocycles. The minimum atomic E-state index is 0.116. The summed E-state index contributed by atoms with van der Waals surface area (Å²) in [4.78, 5) is 0. The molecule has 0 bridgehead atoms. The Hall–Kier alpha value is -0.300. The first-order valence-corrected chi connectivity index (χ1v) is 8.15. The van der Waals surface area contributed by atoms with Gasteiger partial charge in [-0.05, 0) is 32.1 Å². The van der Waals surface area contributed by atoms with E-state index >= 15 is 0 Å². The van der Waals surface area contributed by atoms with Crippen LogP contribution in [0, 0.1) is 0 Å². The molecule has 0 atom stereocenters. The van der Waals surface area contributed by atoms with Crippen molar-refractivity contribution in [1.29, 1.82) is 0 Å². The van der Waals surface area contributed by atoms with Gasteiger partial charge in [0.1, 0.15) is 0 Å². The van der Waals surface area contributed by atoms with Gasteiger partial charge in [-0.2, -0.15) is 0 Å². The average Bonchev–Trinajstić information content (AvgIpc) is 2.39. The number of hydrogen-bond donors (Lipinski definition) is 0. The maximum Gasteiger partial charge on any atom is 0.0822 e. The van der Waals surface area contributed by atoms with E-state index in [1.54, 1.807) is 0 Å². The highest BCUT2D eigenvalue weighted by Gasteiger charge is 1.91. The summed E-state index contributed by atoms with van der Waals surface area (Å²) in [7, 11) is 0. The Labute approximate surface area is 115 Å². The number of rotatable bonds is 14. The molecule has 0 aliphatic carbocycles. The molecule has 0 aromatic heterocycles. The van der Waals surface area contributed by atoms with E-state index < -0.39 is 0 Å². The molecule has 1 nitrogen and oxygen atoms in total. The molecule has 0 aromatic rings. The third-order valence-corrected chi connectivity index (χ3v) is 3.41. The lowest BCUT2D eigenvalue weighted by atomic mass is 10.1. The number of hydrogen-bond acceptors (Lipinski definition) is 0. The van der Waals surface area contributed by atoms with E-state index in [9.17, 15) is 5.11 Å². The van der Waals surface area contributed by atoms with Crippen molar-refractivity contribution in [3.05, 3.63) is 12.2 Å². The molecule has 0 aliphatic rings. The van der Waals surface area contributed by atoms with Crippen molar-refractivity contribution in [2.45, 2.75) is 90.4 Å². The zero-order valence-corrected chi connectivity index (χ0v) is 12.5. The normalized spacial score (nSPS) is 11.4. The van der Waals surface area contributed by atoms with Gasteiger partial charge in [0.25, 0.3) is 0 Å². The van der Waals surface area contributed by atoms with Gasteiger partial charge in [0.15, 0.2) is 0 Å². The van der Waals surface area contributed by atoms with E-state index in [1.165, 1.54) is 70.6 Å². The molecule has 0 saturated carbocycles. The summed E-state index contributed by atoms with van der Waals surface area (Å²) < 4.78 is 0. The highest BCUT2D eigenvalue weighted by molar-refractivity contribution is 4.81. The Bertz CT molecular complexity index is 163. The van der Waals surface area contributed by atoms with Crippen molar-refractivity contribution in [2.75, 3.05) is 6.61 Å². The summed E-state index contributed by atoms with van der Waals surface area (Å²) in [5.41, 5.74) is 0. The van der Waals surface area contributed by atoms with Crippen LogP contribution < -0.4 is 0 Å². The van der Waals surface area contributed by atoms with Crippen molar-refractivity contribution >= 4 is 0 Å². The van der Waals surface area contributed by atoms with E-state index in [2.05, 4.69) is 19.1 Å². The molecule has 1 heteroatoms. The third-order valence-electron chi connectivity index (χ3n) is 3.41. The van der Waals surface area contributed by atoms with Crippen molar-refractivity contribution in [3.63, 3.8) is 0 Å². The Balaban J connectivity index is 2.98. The van der Waals surface area contributed by atoms with Crippen LogP contribution in [0.15, 0.2) is 12.2 Å². The van der Waals surface area contributed by atoms with Crippen molar-refractivity contribution < 1.29 is 5.11 Å².